The summed E-state index contributed by atoms with van der Waals surface area (Å²) in [5.74, 6) is -0.105. The molecule has 2 heterocycles. The van der Waals surface area contributed by atoms with Crippen LogP contribution in [0.5, 0.6) is 0 Å². The highest BCUT2D eigenvalue weighted by atomic mass is 16.2. The Morgan fingerprint density at radius 3 is 2.61 bits per heavy atom. The predicted molar refractivity (Wildman–Crippen MR) is 106 cm³/mol. The van der Waals surface area contributed by atoms with Crippen LogP contribution in [-0.2, 0) is 14.4 Å². The number of nitrogens with two attached hydrogens (primary N) is 1. The number of nitrogen functional groups attached to an aromatic ring is 1. The van der Waals surface area contributed by atoms with Gasteiger partial charge >= 0.3 is 11.8 Å². The molecule has 1 aromatic heterocycles. The van der Waals surface area contributed by atoms with Gasteiger partial charge in [0.2, 0.25) is 5.91 Å². The van der Waals surface area contributed by atoms with Crippen LogP contribution in [0.2, 0.25) is 0 Å². The molecule has 2 atom stereocenters. The van der Waals surface area contributed by atoms with E-state index in [1.807, 2.05) is 0 Å². The van der Waals surface area contributed by atoms with Crippen molar-refractivity contribution < 1.29 is 14.4 Å². The minimum Gasteiger partial charge on any atom is -0.383 e. The lowest BCUT2D eigenvalue weighted by Gasteiger charge is -2.48. The van der Waals surface area contributed by atoms with Crippen LogP contribution in [0.4, 0.5) is 11.5 Å². The number of carbonyl (C=O) groups excluding carboxylic acids is 3. The Morgan fingerprint density at radius 1 is 1.25 bits per heavy atom. The summed E-state index contributed by atoms with van der Waals surface area (Å²) < 4.78 is 0. The van der Waals surface area contributed by atoms with E-state index in [1.54, 1.807) is 17.9 Å². The van der Waals surface area contributed by atoms with Gasteiger partial charge in [-0.2, -0.15) is 0 Å². The summed E-state index contributed by atoms with van der Waals surface area (Å²) in [6.07, 6.45) is 5.09. The first-order chi connectivity index (χ1) is 13.2. The zero-order valence-corrected chi connectivity index (χ0v) is 16.7. The number of anilines is 2. The van der Waals surface area contributed by atoms with Crippen molar-refractivity contribution >= 4 is 29.2 Å². The zero-order valence-electron chi connectivity index (χ0n) is 16.7. The Labute approximate surface area is 165 Å². The lowest BCUT2D eigenvalue weighted by atomic mass is 9.71. The molecule has 4 N–H and O–H groups in total. The summed E-state index contributed by atoms with van der Waals surface area (Å²) >= 11 is 0. The molecule has 3 amide bonds. The largest absolute Gasteiger partial charge is 0.383 e. The van der Waals surface area contributed by atoms with Crippen LogP contribution >= 0.6 is 0 Å². The van der Waals surface area contributed by atoms with Gasteiger partial charge in [0.05, 0.1) is 11.9 Å². The SMILES string of the molecule is CC(=O)NC1CC([C@H]2CC[C@@H](C)CN2C(=O)C(=O)Nc2cnc(N)c(C)c2)C1. The molecule has 2 fully saturated rings. The Kier molecular flexibility index (Phi) is 5.86. The number of amides is 3. The fourth-order valence-corrected chi connectivity index (χ4v) is 4.25. The molecule has 0 spiro atoms. The Morgan fingerprint density at radius 2 is 1.96 bits per heavy atom. The van der Waals surface area contributed by atoms with E-state index in [0.29, 0.717) is 29.9 Å². The van der Waals surface area contributed by atoms with Gasteiger partial charge in [-0.3, -0.25) is 14.4 Å². The van der Waals surface area contributed by atoms with E-state index in [0.717, 1.165) is 31.2 Å². The van der Waals surface area contributed by atoms with Gasteiger partial charge in [-0.15, -0.1) is 0 Å². The quantitative estimate of drug-likeness (QED) is 0.679. The highest BCUT2D eigenvalue weighted by Crippen LogP contribution is 2.38. The summed E-state index contributed by atoms with van der Waals surface area (Å²) in [4.78, 5) is 42.5. The molecule has 2 aliphatic rings. The first-order valence-corrected chi connectivity index (χ1v) is 9.85. The van der Waals surface area contributed by atoms with Gasteiger partial charge in [0.25, 0.3) is 0 Å². The highest BCUT2D eigenvalue weighted by molar-refractivity contribution is 6.39. The Balaban J connectivity index is 1.65. The number of hydrogen-bond acceptors (Lipinski definition) is 5. The molecule has 1 aliphatic carbocycles. The van der Waals surface area contributed by atoms with E-state index in [1.165, 1.54) is 13.1 Å². The van der Waals surface area contributed by atoms with E-state index in [2.05, 4.69) is 22.5 Å². The molecular weight excluding hydrogens is 358 g/mol. The molecule has 1 aromatic rings. The number of aromatic nitrogens is 1. The van der Waals surface area contributed by atoms with Gasteiger partial charge in [0.15, 0.2) is 0 Å². The third-order valence-corrected chi connectivity index (χ3v) is 5.82. The van der Waals surface area contributed by atoms with Crippen molar-refractivity contribution in [2.24, 2.45) is 11.8 Å². The second-order valence-electron chi connectivity index (χ2n) is 8.22. The minimum atomic E-state index is -0.650. The smallest absolute Gasteiger partial charge is 0.313 e. The fourth-order valence-electron chi connectivity index (χ4n) is 4.25. The molecule has 0 aromatic carbocycles. The van der Waals surface area contributed by atoms with E-state index >= 15 is 0 Å². The Bertz CT molecular complexity index is 775. The first-order valence-electron chi connectivity index (χ1n) is 9.85. The zero-order chi connectivity index (χ0) is 20.4. The topological polar surface area (TPSA) is 117 Å². The molecule has 0 unspecified atom stereocenters. The Hall–Kier alpha value is -2.64. The van der Waals surface area contributed by atoms with Crippen LogP contribution < -0.4 is 16.4 Å². The van der Waals surface area contributed by atoms with Crippen molar-refractivity contribution in [3.63, 3.8) is 0 Å². The highest BCUT2D eigenvalue weighted by Gasteiger charge is 2.43. The number of carbonyl (C=O) groups is 3. The molecule has 1 aliphatic heterocycles. The molecule has 1 saturated heterocycles. The number of rotatable bonds is 3. The average molecular weight is 387 g/mol. The van der Waals surface area contributed by atoms with Crippen LogP contribution in [0.3, 0.4) is 0 Å². The lowest BCUT2D eigenvalue weighted by molar-refractivity contribution is -0.148. The van der Waals surface area contributed by atoms with Gasteiger partial charge in [0, 0.05) is 25.6 Å². The van der Waals surface area contributed by atoms with Crippen molar-refractivity contribution in [1.82, 2.24) is 15.2 Å². The van der Waals surface area contributed by atoms with Crippen LogP contribution in [0.15, 0.2) is 12.3 Å². The monoisotopic (exact) mass is 387 g/mol. The molecule has 0 radical (unpaired) electrons. The normalized spacial score (nSPS) is 26.9. The number of hydrogen-bond donors (Lipinski definition) is 3. The summed E-state index contributed by atoms with van der Waals surface area (Å²) in [5.41, 5.74) is 6.90. The number of aryl methyl sites for hydroxylation is 1. The van der Waals surface area contributed by atoms with Gasteiger partial charge in [-0.25, -0.2) is 4.98 Å². The van der Waals surface area contributed by atoms with Crippen LogP contribution in [0, 0.1) is 18.8 Å². The van der Waals surface area contributed by atoms with Gasteiger partial charge in [-0.05, 0) is 56.1 Å². The molecular formula is C20H29N5O3. The van der Waals surface area contributed by atoms with Crippen LogP contribution in [0.25, 0.3) is 0 Å². The number of piperidine rings is 1. The van der Waals surface area contributed by atoms with E-state index in [9.17, 15) is 14.4 Å². The molecule has 1 saturated carbocycles. The van der Waals surface area contributed by atoms with Crippen LogP contribution in [0.1, 0.15) is 45.1 Å². The third-order valence-electron chi connectivity index (χ3n) is 5.82. The van der Waals surface area contributed by atoms with Crippen molar-refractivity contribution in [2.75, 3.05) is 17.6 Å². The molecule has 28 heavy (non-hydrogen) atoms. The van der Waals surface area contributed by atoms with Crippen molar-refractivity contribution in [2.45, 2.75) is 58.5 Å². The average Bonchev–Trinajstić information content (AvgIpc) is 2.60. The van der Waals surface area contributed by atoms with Gasteiger partial charge < -0.3 is 21.3 Å². The van der Waals surface area contributed by atoms with Crippen molar-refractivity contribution in [1.29, 1.82) is 0 Å². The van der Waals surface area contributed by atoms with Gasteiger partial charge in [0.1, 0.15) is 5.82 Å². The van der Waals surface area contributed by atoms with E-state index in [4.69, 9.17) is 5.73 Å². The van der Waals surface area contributed by atoms with E-state index in [-0.39, 0.29) is 18.0 Å². The first kappa shape index (κ1) is 20.1. The summed E-state index contributed by atoms with van der Waals surface area (Å²) in [6, 6.07) is 1.93. The number of nitrogens with one attached hydrogen (secondary N) is 2. The summed E-state index contributed by atoms with van der Waals surface area (Å²) in [7, 11) is 0. The van der Waals surface area contributed by atoms with E-state index < -0.39 is 11.8 Å². The maximum absolute atomic E-state index is 12.9. The molecule has 0 bridgehead atoms. The molecule has 8 heteroatoms. The second kappa shape index (κ2) is 8.16. The maximum Gasteiger partial charge on any atom is 0.313 e. The lowest BCUT2D eigenvalue weighted by Crippen LogP contribution is -2.57. The second-order valence-corrected chi connectivity index (χ2v) is 8.22. The van der Waals surface area contributed by atoms with Gasteiger partial charge in [-0.1, -0.05) is 6.92 Å². The number of nitrogens with zero attached hydrogens (tertiary/aromatic N) is 2. The minimum absolute atomic E-state index is 0.0274. The molecule has 3 rings (SSSR count). The standard InChI is InChI=1S/C20H29N5O3/c1-11-4-5-17(14-7-15(8-14)23-13(3)26)25(10-11)20(28)19(27)24-16-6-12(2)18(21)22-9-16/h6,9,11,14-15,17H,4-5,7-8,10H2,1-3H3,(H2,21,22)(H,23,26)(H,24,27)/t11-,14?,15?,17-/m1/s1. The summed E-state index contributed by atoms with van der Waals surface area (Å²) in [6.45, 7) is 5.99. The van der Waals surface area contributed by atoms with Crippen LogP contribution in [-0.4, -0.2) is 46.2 Å². The number of pyridine rings is 1. The molecule has 152 valence electrons. The predicted octanol–water partition coefficient (Wildman–Crippen LogP) is 1.45. The third kappa shape index (κ3) is 4.43. The maximum atomic E-state index is 12.9. The van der Waals surface area contributed by atoms with Crippen molar-refractivity contribution in [3.05, 3.63) is 17.8 Å². The molecule has 8 nitrogen and oxygen atoms in total. The number of likely N-dealkylation sites (tertiary alicyclic amines) is 1. The van der Waals surface area contributed by atoms with Crippen molar-refractivity contribution in [3.8, 4) is 0 Å². The summed E-state index contributed by atoms with van der Waals surface area (Å²) in [5, 5.41) is 5.57. The fraction of sp³-hybridized carbons (Fsp3) is 0.600.